The fraction of sp³-hybridized carbons (Fsp3) is 0.375. The molecule has 1 aliphatic rings. The van der Waals surface area contributed by atoms with E-state index in [4.69, 9.17) is 0 Å². The smallest absolute Gasteiger partial charge is 0.243 e. The van der Waals surface area contributed by atoms with E-state index in [1.165, 1.54) is 4.31 Å². The van der Waals surface area contributed by atoms with Crippen LogP contribution in [0.5, 0.6) is 0 Å². The van der Waals surface area contributed by atoms with Gasteiger partial charge in [0.05, 0.1) is 4.90 Å². The van der Waals surface area contributed by atoms with Crippen LogP contribution in [-0.4, -0.2) is 55.6 Å². The summed E-state index contributed by atoms with van der Waals surface area (Å²) in [5, 5.41) is 11.4. The number of hydrogen-bond donors (Lipinski definition) is 1. The number of nitrogens with one attached hydrogen (secondary N) is 1. The molecule has 0 radical (unpaired) electrons. The molecule has 1 saturated heterocycles. The SMILES string of the molecule is CCNc1ccc(N2CCN(S(=O)(=O)c3ccccc3)CC2)nn1. The van der Waals surface area contributed by atoms with E-state index < -0.39 is 10.0 Å². The summed E-state index contributed by atoms with van der Waals surface area (Å²) in [6.45, 7) is 4.87. The van der Waals surface area contributed by atoms with Crippen molar-refractivity contribution >= 4 is 21.7 Å². The van der Waals surface area contributed by atoms with E-state index in [1.54, 1.807) is 24.3 Å². The van der Waals surface area contributed by atoms with Gasteiger partial charge in [0.25, 0.3) is 0 Å². The molecule has 0 bridgehead atoms. The van der Waals surface area contributed by atoms with Gasteiger partial charge in [-0.05, 0) is 31.2 Å². The molecular weight excluding hydrogens is 326 g/mol. The molecule has 128 valence electrons. The quantitative estimate of drug-likeness (QED) is 0.881. The highest BCUT2D eigenvalue weighted by molar-refractivity contribution is 7.89. The van der Waals surface area contributed by atoms with Crippen LogP contribution in [-0.2, 0) is 10.0 Å². The Morgan fingerprint density at radius 1 is 1.00 bits per heavy atom. The van der Waals surface area contributed by atoms with Crippen molar-refractivity contribution in [3.05, 3.63) is 42.5 Å². The van der Waals surface area contributed by atoms with E-state index in [0.29, 0.717) is 31.1 Å². The molecule has 0 saturated carbocycles. The third-order valence-corrected chi connectivity index (χ3v) is 5.86. The minimum atomic E-state index is -3.42. The maximum Gasteiger partial charge on any atom is 0.243 e. The minimum absolute atomic E-state index is 0.341. The van der Waals surface area contributed by atoms with E-state index in [1.807, 2.05) is 25.1 Å². The zero-order chi connectivity index (χ0) is 17.0. The standard InChI is InChI=1S/C16H21N5O2S/c1-2-17-15-8-9-16(19-18-15)20-10-12-21(13-11-20)24(22,23)14-6-4-3-5-7-14/h3-9H,2,10-13H2,1H3,(H,17,18). The normalized spacial score (nSPS) is 16.1. The average molecular weight is 347 g/mol. The highest BCUT2D eigenvalue weighted by atomic mass is 32.2. The molecule has 1 aliphatic heterocycles. The van der Waals surface area contributed by atoms with Crippen molar-refractivity contribution in [3.63, 3.8) is 0 Å². The summed E-state index contributed by atoms with van der Waals surface area (Å²) in [5.41, 5.74) is 0. The molecule has 24 heavy (non-hydrogen) atoms. The van der Waals surface area contributed by atoms with Gasteiger partial charge in [-0.1, -0.05) is 18.2 Å². The number of hydrogen-bond acceptors (Lipinski definition) is 6. The van der Waals surface area contributed by atoms with Crippen LogP contribution in [0.15, 0.2) is 47.4 Å². The number of aromatic nitrogens is 2. The molecule has 2 heterocycles. The monoisotopic (exact) mass is 347 g/mol. The predicted octanol–water partition coefficient (Wildman–Crippen LogP) is 1.42. The van der Waals surface area contributed by atoms with Gasteiger partial charge in [-0.2, -0.15) is 4.31 Å². The Hall–Kier alpha value is -2.19. The van der Waals surface area contributed by atoms with Gasteiger partial charge in [0.1, 0.15) is 5.82 Å². The molecule has 1 fully saturated rings. The summed E-state index contributed by atoms with van der Waals surface area (Å²) in [5.74, 6) is 1.51. The summed E-state index contributed by atoms with van der Waals surface area (Å²) in [4.78, 5) is 2.40. The van der Waals surface area contributed by atoms with Gasteiger partial charge < -0.3 is 10.2 Å². The summed E-state index contributed by atoms with van der Waals surface area (Å²) >= 11 is 0. The maximum absolute atomic E-state index is 12.6. The first-order chi connectivity index (χ1) is 11.6. The summed E-state index contributed by atoms with van der Waals surface area (Å²) in [6, 6.07) is 12.4. The molecule has 1 N–H and O–H groups in total. The highest BCUT2D eigenvalue weighted by Gasteiger charge is 2.28. The van der Waals surface area contributed by atoms with Crippen molar-refractivity contribution in [2.24, 2.45) is 0 Å². The largest absolute Gasteiger partial charge is 0.369 e. The van der Waals surface area contributed by atoms with Crippen LogP contribution < -0.4 is 10.2 Å². The van der Waals surface area contributed by atoms with Gasteiger partial charge in [0.15, 0.2) is 5.82 Å². The Labute approximate surface area is 142 Å². The second-order valence-electron chi connectivity index (χ2n) is 5.51. The number of nitrogens with zero attached hydrogens (tertiary/aromatic N) is 4. The number of sulfonamides is 1. The third-order valence-electron chi connectivity index (χ3n) is 3.95. The molecule has 8 heteroatoms. The minimum Gasteiger partial charge on any atom is -0.369 e. The number of benzene rings is 1. The molecule has 7 nitrogen and oxygen atoms in total. The maximum atomic E-state index is 12.6. The molecule has 0 aliphatic carbocycles. The molecular formula is C16H21N5O2S. The Morgan fingerprint density at radius 2 is 1.71 bits per heavy atom. The Kier molecular flexibility index (Phi) is 4.96. The van der Waals surface area contributed by atoms with Crippen molar-refractivity contribution in [1.82, 2.24) is 14.5 Å². The van der Waals surface area contributed by atoms with Crippen LogP contribution >= 0.6 is 0 Å². The summed E-state index contributed by atoms with van der Waals surface area (Å²) < 4.78 is 26.8. The zero-order valence-corrected chi connectivity index (χ0v) is 14.4. The Morgan fingerprint density at radius 3 is 2.29 bits per heavy atom. The van der Waals surface area contributed by atoms with Crippen molar-refractivity contribution < 1.29 is 8.42 Å². The third kappa shape index (κ3) is 3.49. The molecule has 0 spiro atoms. The lowest BCUT2D eigenvalue weighted by molar-refractivity contribution is 0.383. The first kappa shape index (κ1) is 16.7. The van der Waals surface area contributed by atoms with Crippen LogP contribution in [0.3, 0.4) is 0 Å². The number of anilines is 2. The number of rotatable bonds is 5. The lowest BCUT2D eigenvalue weighted by Crippen LogP contribution is -2.48. The lowest BCUT2D eigenvalue weighted by Gasteiger charge is -2.34. The van der Waals surface area contributed by atoms with Gasteiger partial charge in [0.2, 0.25) is 10.0 Å². The molecule has 0 unspecified atom stereocenters. The van der Waals surface area contributed by atoms with Gasteiger partial charge in [0, 0.05) is 32.7 Å². The van der Waals surface area contributed by atoms with E-state index in [0.717, 1.165) is 18.2 Å². The van der Waals surface area contributed by atoms with Gasteiger partial charge in [-0.3, -0.25) is 0 Å². The highest BCUT2D eigenvalue weighted by Crippen LogP contribution is 2.19. The lowest BCUT2D eigenvalue weighted by atomic mass is 10.3. The van der Waals surface area contributed by atoms with Gasteiger partial charge in [-0.15, -0.1) is 10.2 Å². The van der Waals surface area contributed by atoms with Crippen LogP contribution in [0, 0.1) is 0 Å². The van der Waals surface area contributed by atoms with E-state index in [9.17, 15) is 8.42 Å². The van der Waals surface area contributed by atoms with Gasteiger partial charge in [-0.25, -0.2) is 8.42 Å². The molecule has 0 atom stereocenters. The van der Waals surface area contributed by atoms with Crippen LogP contribution in [0.4, 0.5) is 11.6 Å². The van der Waals surface area contributed by atoms with E-state index in [-0.39, 0.29) is 0 Å². The first-order valence-corrected chi connectivity index (χ1v) is 9.43. The van der Waals surface area contributed by atoms with Crippen molar-refractivity contribution in [2.45, 2.75) is 11.8 Å². The molecule has 1 aromatic heterocycles. The van der Waals surface area contributed by atoms with Crippen molar-refractivity contribution in [3.8, 4) is 0 Å². The molecule has 3 rings (SSSR count). The van der Waals surface area contributed by atoms with Crippen LogP contribution in [0.1, 0.15) is 6.92 Å². The van der Waals surface area contributed by atoms with Crippen LogP contribution in [0.2, 0.25) is 0 Å². The summed E-state index contributed by atoms with van der Waals surface area (Å²) in [6.07, 6.45) is 0. The predicted molar refractivity (Wildman–Crippen MR) is 93.6 cm³/mol. The molecule has 2 aromatic rings. The molecule has 1 aromatic carbocycles. The average Bonchev–Trinajstić information content (AvgIpc) is 2.63. The summed E-state index contributed by atoms with van der Waals surface area (Å²) in [7, 11) is -3.42. The fourth-order valence-corrected chi connectivity index (χ4v) is 4.11. The fourth-order valence-electron chi connectivity index (χ4n) is 2.67. The second-order valence-corrected chi connectivity index (χ2v) is 7.45. The van der Waals surface area contributed by atoms with Crippen molar-refractivity contribution in [2.75, 3.05) is 42.9 Å². The van der Waals surface area contributed by atoms with Gasteiger partial charge >= 0.3 is 0 Å². The van der Waals surface area contributed by atoms with Crippen LogP contribution in [0.25, 0.3) is 0 Å². The zero-order valence-electron chi connectivity index (χ0n) is 13.6. The first-order valence-electron chi connectivity index (χ1n) is 7.99. The topological polar surface area (TPSA) is 78.4 Å². The Balaban J connectivity index is 1.65. The number of piperazine rings is 1. The Bertz CT molecular complexity index is 757. The second kappa shape index (κ2) is 7.14. The molecule has 0 amide bonds. The van der Waals surface area contributed by atoms with Crippen molar-refractivity contribution in [1.29, 1.82) is 0 Å². The van der Waals surface area contributed by atoms with E-state index in [2.05, 4.69) is 20.4 Å². The van der Waals surface area contributed by atoms with E-state index >= 15 is 0 Å².